The monoisotopic (exact) mass is 233 g/mol. The van der Waals surface area contributed by atoms with E-state index < -0.39 is 0 Å². The van der Waals surface area contributed by atoms with Crippen molar-refractivity contribution in [1.82, 2.24) is 0 Å². The summed E-state index contributed by atoms with van der Waals surface area (Å²) < 4.78 is 5.74. The molecule has 2 N–H and O–H groups in total. The summed E-state index contributed by atoms with van der Waals surface area (Å²) in [6.07, 6.45) is 5.17. The zero-order chi connectivity index (χ0) is 12.3. The van der Waals surface area contributed by atoms with E-state index in [1.54, 1.807) is 0 Å². The lowest BCUT2D eigenvalue weighted by atomic mass is 9.80. The number of hydrogen-bond acceptors (Lipinski definition) is 2. The second kappa shape index (κ2) is 5.54. The molecule has 2 nitrogen and oxygen atoms in total. The number of benzene rings is 1. The minimum atomic E-state index is 0.227. The maximum absolute atomic E-state index is 6.22. The van der Waals surface area contributed by atoms with Gasteiger partial charge in [-0.1, -0.05) is 25.0 Å². The Morgan fingerprint density at radius 3 is 2.71 bits per heavy atom. The van der Waals surface area contributed by atoms with Gasteiger partial charge in [0.05, 0.1) is 6.10 Å². The molecule has 0 amide bonds. The summed E-state index contributed by atoms with van der Waals surface area (Å²) in [6, 6.07) is 8.77. The molecule has 1 aliphatic carbocycles. The van der Waals surface area contributed by atoms with Gasteiger partial charge in [0.2, 0.25) is 0 Å². The Morgan fingerprint density at radius 2 is 2.00 bits per heavy atom. The van der Waals surface area contributed by atoms with E-state index in [1.165, 1.54) is 24.8 Å². The van der Waals surface area contributed by atoms with Crippen LogP contribution in [-0.2, 0) is 0 Å². The maximum Gasteiger partial charge on any atom is 0.119 e. The van der Waals surface area contributed by atoms with Crippen molar-refractivity contribution in [2.24, 2.45) is 5.73 Å². The molecule has 1 fully saturated rings. The highest BCUT2D eigenvalue weighted by molar-refractivity contribution is 5.32. The lowest BCUT2D eigenvalue weighted by Crippen LogP contribution is -2.31. The topological polar surface area (TPSA) is 35.2 Å². The second-order valence-electron chi connectivity index (χ2n) is 5.29. The SMILES string of the molecule is CC(C)Oc1cccc(C2CCCCC2N)c1. The van der Waals surface area contributed by atoms with Crippen molar-refractivity contribution < 1.29 is 4.74 Å². The van der Waals surface area contributed by atoms with E-state index >= 15 is 0 Å². The Hall–Kier alpha value is -1.02. The van der Waals surface area contributed by atoms with Crippen molar-refractivity contribution >= 4 is 0 Å². The lowest BCUT2D eigenvalue weighted by Gasteiger charge is -2.29. The normalized spacial score (nSPS) is 24.9. The molecule has 0 spiro atoms. The summed E-state index contributed by atoms with van der Waals surface area (Å²) in [5, 5.41) is 0. The van der Waals surface area contributed by atoms with E-state index in [9.17, 15) is 0 Å². The summed E-state index contributed by atoms with van der Waals surface area (Å²) in [5.41, 5.74) is 7.56. The molecular formula is C15H23NO. The minimum absolute atomic E-state index is 0.227. The molecule has 0 aromatic heterocycles. The van der Waals surface area contributed by atoms with E-state index in [-0.39, 0.29) is 6.10 Å². The fourth-order valence-corrected chi connectivity index (χ4v) is 2.66. The van der Waals surface area contributed by atoms with Crippen molar-refractivity contribution in [3.63, 3.8) is 0 Å². The average Bonchev–Trinajstić information content (AvgIpc) is 2.29. The van der Waals surface area contributed by atoms with Crippen LogP contribution in [0.2, 0.25) is 0 Å². The van der Waals surface area contributed by atoms with Gasteiger partial charge >= 0.3 is 0 Å². The molecular weight excluding hydrogens is 210 g/mol. The van der Waals surface area contributed by atoms with Gasteiger partial charge in [0.1, 0.15) is 5.75 Å². The van der Waals surface area contributed by atoms with Crippen LogP contribution in [-0.4, -0.2) is 12.1 Å². The Labute approximate surface area is 104 Å². The fraction of sp³-hybridized carbons (Fsp3) is 0.600. The van der Waals surface area contributed by atoms with Gasteiger partial charge in [0.25, 0.3) is 0 Å². The zero-order valence-electron chi connectivity index (χ0n) is 10.9. The quantitative estimate of drug-likeness (QED) is 0.867. The molecule has 2 atom stereocenters. The molecule has 94 valence electrons. The molecule has 2 rings (SSSR count). The van der Waals surface area contributed by atoms with Gasteiger partial charge in [-0.05, 0) is 50.3 Å². The third kappa shape index (κ3) is 3.22. The largest absolute Gasteiger partial charge is 0.491 e. The first-order chi connectivity index (χ1) is 8.16. The van der Waals surface area contributed by atoms with Gasteiger partial charge in [-0.2, -0.15) is 0 Å². The van der Waals surface area contributed by atoms with Crippen molar-refractivity contribution in [2.75, 3.05) is 0 Å². The van der Waals surface area contributed by atoms with Crippen LogP contribution in [0.5, 0.6) is 5.75 Å². The van der Waals surface area contributed by atoms with Gasteiger partial charge in [0, 0.05) is 6.04 Å². The molecule has 2 heteroatoms. The molecule has 1 aromatic carbocycles. The summed E-state index contributed by atoms with van der Waals surface area (Å²) in [6.45, 7) is 4.11. The summed E-state index contributed by atoms with van der Waals surface area (Å²) in [7, 11) is 0. The first-order valence-corrected chi connectivity index (χ1v) is 6.69. The molecule has 0 bridgehead atoms. The van der Waals surface area contributed by atoms with Crippen LogP contribution in [0, 0.1) is 0 Å². The van der Waals surface area contributed by atoms with Crippen LogP contribution in [0.25, 0.3) is 0 Å². The summed E-state index contributed by atoms with van der Waals surface area (Å²) in [5.74, 6) is 1.48. The van der Waals surface area contributed by atoms with Gasteiger partial charge in [-0.25, -0.2) is 0 Å². The van der Waals surface area contributed by atoms with Crippen LogP contribution < -0.4 is 10.5 Å². The highest BCUT2D eigenvalue weighted by Crippen LogP contribution is 2.33. The van der Waals surface area contributed by atoms with Crippen molar-refractivity contribution in [1.29, 1.82) is 0 Å². The van der Waals surface area contributed by atoms with Crippen LogP contribution >= 0.6 is 0 Å². The Bertz CT molecular complexity index is 362. The van der Waals surface area contributed by atoms with Crippen LogP contribution in [0.3, 0.4) is 0 Å². The van der Waals surface area contributed by atoms with E-state index in [1.807, 2.05) is 6.07 Å². The average molecular weight is 233 g/mol. The van der Waals surface area contributed by atoms with Crippen molar-refractivity contribution in [2.45, 2.75) is 57.6 Å². The molecule has 0 saturated heterocycles. The lowest BCUT2D eigenvalue weighted by molar-refractivity contribution is 0.242. The van der Waals surface area contributed by atoms with Crippen LogP contribution in [0.4, 0.5) is 0 Å². The highest BCUT2D eigenvalue weighted by atomic mass is 16.5. The first-order valence-electron chi connectivity index (χ1n) is 6.69. The Balaban J connectivity index is 2.14. The molecule has 0 radical (unpaired) electrons. The van der Waals surface area contributed by atoms with Gasteiger partial charge in [0.15, 0.2) is 0 Å². The molecule has 2 unspecified atom stereocenters. The van der Waals surface area contributed by atoms with E-state index in [0.717, 1.165) is 12.2 Å². The number of hydrogen-bond donors (Lipinski definition) is 1. The van der Waals surface area contributed by atoms with Gasteiger partial charge in [-0.15, -0.1) is 0 Å². The van der Waals surface area contributed by atoms with E-state index in [4.69, 9.17) is 10.5 Å². The zero-order valence-corrected chi connectivity index (χ0v) is 10.9. The number of nitrogens with two attached hydrogens (primary N) is 1. The summed E-state index contributed by atoms with van der Waals surface area (Å²) in [4.78, 5) is 0. The molecule has 17 heavy (non-hydrogen) atoms. The van der Waals surface area contributed by atoms with Gasteiger partial charge in [-0.3, -0.25) is 0 Å². The molecule has 1 aromatic rings. The van der Waals surface area contributed by atoms with Gasteiger partial charge < -0.3 is 10.5 Å². The Kier molecular flexibility index (Phi) is 4.06. The van der Waals surface area contributed by atoms with Crippen LogP contribution in [0.15, 0.2) is 24.3 Å². The minimum Gasteiger partial charge on any atom is -0.491 e. The van der Waals surface area contributed by atoms with Crippen LogP contribution in [0.1, 0.15) is 51.0 Å². The van der Waals surface area contributed by atoms with E-state index in [2.05, 4.69) is 32.0 Å². The molecule has 1 aliphatic rings. The maximum atomic E-state index is 6.22. The second-order valence-corrected chi connectivity index (χ2v) is 5.29. The molecule has 0 aliphatic heterocycles. The fourth-order valence-electron chi connectivity index (χ4n) is 2.66. The predicted octanol–water partition coefficient (Wildman–Crippen LogP) is 3.46. The van der Waals surface area contributed by atoms with E-state index in [0.29, 0.717) is 12.0 Å². The molecule has 1 saturated carbocycles. The number of rotatable bonds is 3. The molecule has 0 heterocycles. The Morgan fingerprint density at radius 1 is 1.24 bits per heavy atom. The van der Waals surface area contributed by atoms with Crippen molar-refractivity contribution in [3.8, 4) is 5.75 Å². The first kappa shape index (κ1) is 12.4. The predicted molar refractivity (Wildman–Crippen MR) is 71.4 cm³/mol. The third-order valence-electron chi connectivity index (χ3n) is 3.48. The highest BCUT2D eigenvalue weighted by Gasteiger charge is 2.23. The third-order valence-corrected chi connectivity index (χ3v) is 3.48. The smallest absolute Gasteiger partial charge is 0.119 e. The summed E-state index contributed by atoms with van der Waals surface area (Å²) >= 11 is 0. The number of ether oxygens (including phenoxy) is 1. The van der Waals surface area contributed by atoms with Crippen molar-refractivity contribution in [3.05, 3.63) is 29.8 Å². The standard InChI is InChI=1S/C15H23NO/c1-11(2)17-13-7-5-6-12(10-13)14-8-3-4-9-15(14)16/h5-7,10-11,14-15H,3-4,8-9,16H2,1-2H3.